The Kier molecular flexibility index (Phi) is 6.53. The summed E-state index contributed by atoms with van der Waals surface area (Å²) in [6.45, 7) is 7.38. The van der Waals surface area contributed by atoms with Crippen LogP contribution < -0.4 is 0 Å². The zero-order chi connectivity index (χ0) is 18.0. The van der Waals surface area contributed by atoms with Crippen molar-refractivity contribution in [3.63, 3.8) is 0 Å². The van der Waals surface area contributed by atoms with Gasteiger partial charge in [-0.1, -0.05) is 59.3 Å². The molecule has 146 valence electrons. The van der Waals surface area contributed by atoms with Crippen LogP contribution in [0.5, 0.6) is 0 Å². The topological polar surface area (TPSA) is 40.5 Å². The van der Waals surface area contributed by atoms with Gasteiger partial charge in [0.05, 0.1) is 6.10 Å². The van der Waals surface area contributed by atoms with E-state index in [-0.39, 0.29) is 6.10 Å². The third-order valence-electron chi connectivity index (χ3n) is 8.79. The van der Waals surface area contributed by atoms with Crippen LogP contribution >= 0.6 is 0 Å². The van der Waals surface area contributed by atoms with E-state index in [9.17, 15) is 10.2 Å². The van der Waals surface area contributed by atoms with Crippen molar-refractivity contribution < 1.29 is 10.2 Å². The van der Waals surface area contributed by atoms with Crippen LogP contribution in [0.3, 0.4) is 0 Å². The van der Waals surface area contributed by atoms with Gasteiger partial charge in [-0.15, -0.1) is 0 Å². The summed E-state index contributed by atoms with van der Waals surface area (Å²) in [6, 6.07) is 0. The van der Waals surface area contributed by atoms with Crippen LogP contribution in [-0.2, 0) is 0 Å². The number of rotatable bonds is 6. The summed E-state index contributed by atoms with van der Waals surface area (Å²) < 4.78 is 0. The number of hydrogen-bond acceptors (Lipinski definition) is 2. The third-order valence-corrected chi connectivity index (χ3v) is 8.79. The molecule has 2 unspecified atom stereocenters. The van der Waals surface area contributed by atoms with E-state index < -0.39 is 0 Å². The van der Waals surface area contributed by atoms with Crippen molar-refractivity contribution >= 4 is 0 Å². The fourth-order valence-electron chi connectivity index (χ4n) is 7.36. The summed E-state index contributed by atoms with van der Waals surface area (Å²) >= 11 is 0. The molecule has 3 aliphatic rings. The summed E-state index contributed by atoms with van der Waals surface area (Å²) in [7, 11) is 0. The van der Waals surface area contributed by atoms with Gasteiger partial charge in [0.1, 0.15) is 0 Å². The normalized spacial score (nSPS) is 42.1. The average molecular weight is 351 g/mol. The summed E-state index contributed by atoms with van der Waals surface area (Å²) in [5, 5.41) is 21.1. The maximum atomic E-state index is 11.3. The van der Waals surface area contributed by atoms with Crippen LogP contribution in [0.4, 0.5) is 0 Å². The van der Waals surface area contributed by atoms with Crippen LogP contribution in [0.1, 0.15) is 91.4 Å². The Morgan fingerprint density at radius 3 is 2.40 bits per heavy atom. The lowest BCUT2D eigenvalue weighted by Crippen LogP contribution is -2.47. The minimum Gasteiger partial charge on any atom is -0.396 e. The second-order valence-corrected chi connectivity index (χ2v) is 10.0. The Bertz CT molecular complexity index is 416. The Labute approximate surface area is 155 Å². The largest absolute Gasteiger partial charge is 0.396 e. The highest BCUT2D eigenvalue weighted by Gasteiger charge is 2.55. The Hall–Kier alpha value is -0.0800. The van der Waals surface area contributed by atoms with Gasteiger partial charge in [-0.25, -0.2) is 0 Å². The first-order valence-electron chi connectivity index (χ1n) is 11.3. The molecule has 0 aromatic carbocycles. The quantitative estimate of drug-likeness (QED) is 0.672. The fraction of sp³-hybridized carbons (Fsp3) is 1.00. The van der Waals surface area contributed by atoms with E-state index in [1.54, 1.807) is 0 Å². The van der Waals surface area contributed by atoms with Crippen molar-refractivity contribution in [1.82, 2.24) is 0 Å². The molecule has 2 nitrogen and oxygen atoms in total. The SMILES string of the molecule is CC[C@H]1CCC2(C)C([C@H](C)CO)CC[C@H]2[C@@H]1[C@H](O)CC1CCCCC1. The maximum absolute atomic E-state index is 11.3. The van der Waals surface area contributed by atoms with Gasteiger partial charge in [-0.3, -0.25) is 0 Å². The van der Waals surface area contributed by atoms with Gasteiger partial charge in [-0.05, 0) is 73.0 Å². The van der Waals surface area contributed by atoms with Crippen LogP contribution in [0.15, 0.2) is 0 Å². The van der Waals surface area contributed by atoms with E-state index in [0.717, 1.165) is 12.3 Å². The van der Waals surface area contributed by atoms with Crippen molar-refractivity contribution in [3.05, 3.63) is 0 Å². The maximum Gasteiger partial charge on any atom is 0.0576 e. The molecule has 0 spiro atoms. The van der Waals surface area contributed by atoms with E-state index in [1.807, 2.05) is 0 Å². The first-order chi connectivity index (χ1) is 12.0. The van der Waals surface area contributed by atoms with Gasteiger partial charge in [0.2, 0.25) is 0 Å². The lowest BCUT2D eigenvalue weighted by atomic mass is 9.54. The van der Waals surface area contributed by atoms with Gasteiger partial charge in [0, 0.05) is 6.61 Å². The minimum absolute atomic E-state index is 0.0964. The van der Waals surface area contributed by atoms with Crippen molar-refractivity contribution in [3.8, 4) is 0 Å². The monoisotopic (exact) mass is 350 g/mol. The molecule has 2 heteroatoms. The minimum atomic E-state index is -0.0964. The Morgan fingerprint density at radius 2 is 1.76 bits per heavy atom. The molecular formula is C23H42O2. The molecule has 3 aliphatic carbocycles. The van der Waals surface area contributed by atoms with E-state index >= 15 is 0 Å². The van der Waals surface area contributed by atoms with E-state index in [0.29, 0.717) is 41.6 Å². The highest BCUT2D eigenvalue weighted by molar-refractivity contribution is 5.04. The van der Waals surface area contributed by atoms with Crippen LogP contribution in [-0.4, -0.2) is 22.9 Å². The molecule has 0 aromatic rings. The summed E-state index contributed by atoms with van der Waals surface area (Å²) in [4.78, 5) is 0. The van der Waals surface area contributed by atoms with Crippen molar-refractivity contribution in [2.45, 2.75) is 97.5 Å². The number of hydrogen-bond donors (Lipinski definition) is 2. The zero-order valence-electron chi connectivity index (χ0n) is 16.9. The molecule has 3 fully saturated rings. The fourth-order valence-corrected chi connectivity index (χ4v) is 7.36. The lowest BCUT2D eigenvalue weighted by molar-refractivity contribution is -0.0728. The van der Waals surface area contributed by atoms with Crippen LogP contribution in [0.25, 0.3) is 0 Å². The number of fused-ring (bicyclic) bond motifs is 1. The van der Waals surface area contributed by atoms with Crippen molar-refractivity contribution in [1.29, 1.82) is 0 Å². The van der Waals surface area contributed by atoms with E-state index in [1.165, 1.54) is 64.2 Å². The van der Waals surface area contributed by atoms with Crippen LogP contribution in [0.2, 0.25) is 0 Å². The first-order valence-corrected chi connectivity index (χ1v) is 11.3. The predicted octanol–water partition coefficient (Wildman–Crippen LogP) is 5.41. The van der Waals surface area contributed by atoms with Crippen molar-refractivity contribution in [2.24, 2.45) is 40.9 Å². The van der Waals surface area contributed by atoms with E-state index in [4.69, 9.17) is 0 Å². The molecule has 3 saturated carbocycles. The number of aliphatic hydroxyl groups is 2. The average Bonchev–Trinajstić information content (AvgIpc) is 2.97. The van der Waals surface area contributed by atoms with Crippen LogP contribution in [0, 0.1) is 40.9 Å². The second-order valence-electron chi connectivity index (χ2n) is 10.0. The molecule has 0 bridgehead atoms. The summed E-state index contributed by atoms with van der Waals surface area (Å²) in [5.41, 5.74) is 0.339. The molecule has 2 N–H and O–H groups in total. The molecule has 0 heterocycles. The van der Waals surface area contributed by atoms with Gasteiger partial charge in [-0.2, -0.15) is 0 Å². The molecule has 0 radical (unpaired) electrons. The van der Waals surface area contributed by atoms with E-state index in [2.05, 4.69) is 20.8 Å². The van der Waals surface area contributed by atoms with Gasteiger partial charge in [0.25, 0.3) is 0 Å². The van der Waals surface area contributed by atoms with Gasteiger partial charge < -0.3 is 10.2 Å². The molecule has 3 rings (SSSR count). The molecule has 0 saturated heterocycles. The lowest BCUT2D eigenvalue weighted by Gasteiger charge is -2.51. The molecule has 0 aliphatic heterocycles. The predicted molar refractivity (Wildman–Crippen MR) is 104 cm³/mol. The molecule has 0 amide bonds. The summed E-state index contributed by atoms with van der Waals surface area (Å²) in [6.07, 6.45) is 14.1. The smallest absolute Gasteiger partial charge is 0.0576 e. The standard InChI is InChI=1S/C23H42O2/c1-4-18-12-13-23(3)19(16(2)15-24)10-11-20(23)22(18)21(25)14-17-8-6-5-7-9-17/h16-22,24-25H,4-15H2,1-3H3/t16-,18+,19?,20+,21-,22-,23?/m1/s1. The Morgan fingerprint density at radius 1 is 1.04 bits per heavy atom. The highest BCUT2D eigenvalue weighted by Crippen LogP contribution is 2.62. The highest BCUT2D eigenvalue weighted by atomic mass is 16.3. The van der Waals surface area contributed by atoms with Gasteiger partial charge in [0.15, 0.2) is 0 Å². The Balaban J connectivity index is 1.75. The zero-order valence-corrected chi connectivity index (χ0v) is 16.9. The first kappa shape index (κ1) is 19.7. The third kappa shape index (κ3) is 3.81. The van der Waals surface area contributed by atoms with Gasteiger partial charge >= 0.3 is 0 Å². The van der Waals surface area contributed by atoms with Crippen molar-refractivity contribution in [2.75, 3.05) is 6.61 Å². The molecule has 7 atom stereocenters. The second kappa shape index (κ2) is 8.30. The number of aliphatic hydroxyl groups excluding tert-OH is 2. The molecule has 0 aromatic heterocycles. The summed E-state index contributed by atoms with van der Waals surface area (Å²) in [5.74, 6) is 3.70. The molecular weight excluding hydrogens is 308 g/mol. The molecule has 25 heavy (non-hydrogen) atoms.